The van der Waals surface area contributed by atoms with Crippen LogP contribution in [0.2, 0.25) is 5.02 Å². The summed E-state index contributed by atoms with van der Waals surface area (Å²) in [5.74, 6) is 0.748. The van der Waals surface area contributed by atoms with Crippen LogP contribution in [0.25, 0.3) is 0 Å². The van der Waals surface area contributed by atoms with Gasteiger partial charge in [0.05, 0.1) is 13.0 Å². The smallest absolute Gasteiger partial charge is 0.243 e. The van der Waals surface area contributed by atoms with Crippen LogP contribution >= 0.6 is 11.6 Å². The number of amides is 2. The Bertz CT molecular complexity index is 838. The molecule has 0 saturated carbocycles. The van der Waals surface area contributed by atoms with E-state index in [9.17, 15) is 9.59 Å². The average molecular weight is 375 g/mol. The van der Waals surface area contributed by atoms with E-state index in [1.165, 1.54) is 0 Å². The summed E-state index contributed by atoms with van der Waals surface area (Å²) in [6.45, 7) is 2.72. The standard InChI is InChI=1S/C19H19ClN2O4/c1-12-14(20)3-2-4-15(12)22-19(24)11-21-18(23)10-13-5-6-16-17(9-13)26-8-7-25-16/h2-6,9H,7-8,10-11H2,1H3,(H,21,23)(H,22,24). The quantitative estimate of drug-likeness (QED) is 0.843. The van der Waals surface area contributed by atoms with Gasteiger partial charge >= 0.3 is 0 Å². The molecule has 26 heavy (non-hydrogen) atoms. The van der Waals surface area contributed by atoms with Crippen molar-refractivity contribution in [1.29, 1.82) is 0 Å². The lowest BCUT2D eigenvalue weighted by atomic mass is 10.1. The SMILES string of the molecule is Cc1c(Cl)cccc1NC(=O)CNC(=O)Cc1ccc2c(c1)OCCO2. The van der Waals surface area contributed by atoms with Gasteiger partial charge in [0.2, 0.25) is 11.8 Å². The fraction of sp³-hybridized carbons (Fsp3) is 0.263. The van der Waals surface area contributed by atoms with Crippen molar-refractivity contribution in [3.63, 3.8) is 0 Å². The number of carbonyl (C=O) groups excluding carboxylic acids is 2. The molecule has 1 aliphatic rings. The minimum atomic E-state index is -0.314. The first-order valence-corrected chi connectivity index (χ1v) is 8.61. The molecule has 2 amide bonds. The van der Waals surface area contributed by atoms with Gasteiger partial charge in [-0.25, -0.2) is 0 Å². The van der Waals surface area contributed by atoms with Crippen molar-refractivity contribution in [1.82, 2.24) is 5.32 Å². The fourth-order valence-corrected chi connectivity index (χ4v) is 2.74. The first-order valence-electron chi connectivity index (χ1n) is 8.23. The molecule has 1 aliphatic heterocycles. The molecule has 0 saturated heterocycles. The Morgan fingerprint density at radius 1 is 1.08 bits per heavy atom. The summed E-state index contributed by atoms with van der Waals surface area (Å²) in [5.41, 5.74) is 2.20. The summed E-state index contributed by atoms with van der Waals surface area (Å²) in [6.07, 6.45) is 0.153. The molecule has 0 unspecified atom stereocenters. The van der Waals surface area contributed by atoms with Crippen LogP contribution in [-0.2, 0) is 16.0 Å². The highest BCUT2D eigenvalue weighted by molar-refractivity contribution is 6.31. The average Bonchev–Trinajstić information content (AvgIpc) is 2.64. The molecular formula is C19H19ClN2O4. The molecule has 2 aromatic carbocycles. The van der Waals surface area contributed by atoms with E-state index in [-0.39, 0.29) is 24.8 Å². The molecule has 0 aliphatic carbocycles. The van der Waals surface area contributed by atoms with Crippen molar-refractivity contribution < 1.29 is 19.1 Å². The maximum Gasteiger partial charge on any atom is 0.243 e. The van der Waals surface area contributed by atoms with E-state index in [1.54, 1.807) is 30.3 Å². The third kappa shape index (κ3) is 4.46. The Labute approximate surface area is 156 Å². The molecule has 0 atom stereocenters. The first kappa shape index (κ1) is 18.1. The number of benzene rings is 2. The third-order valence-electron chi connectivity index (χ3n) is 3.96. The zero-order chi connectivity index (χ0) is 18.5. The Morgan fingerprint density at radius 3 is 2.65 bits per heavy atom. The number of rotatable bonds is 5. The second kappa shape index (κ2) is 8.10. The maximum atomic E-state index is 12.1. The number of hydrogen-bond donors (Lipinski definition) is 2. The topological polar surface area (TPSA) is 76.7 Å². The molecule has 0 spiro atoms. The van der Waals surface area contributed by atoms with Gasteiger partial charge in [0, 0.05) is 10.7 Å². The van der Waals surface area contributed by atoms with Crippen LogP contribution in [0.3, 0.4) is 0 Å². The van der Waals surface area contributed by atoms with E-state index in [2.05, 4.69) is 10.6 Å². The highest BCUT2D eigenvalue weighted by atomic mass is 35.5. The number of halogens is 1. The van der Waals surface area contributed by atoms with E-state index in [4.69, 9.17) is 21.1 Å². The number of anilines is 1. The Kier molecular flexibility index (Phi) is 5.63. The Morgan fingerprint density at radius 2 is 1.85 bits per heavy atom. The maximum absolute atomic E-state index is 12.1. The number of ether oxygens (including phenoxy) is 2. The van der Waals surface area contributed by atoms with Gasteiger partial charge in [0.25, 0.3) is 0 Å². The second-order valence-electron chi connectivity index (χ2n) is 5.89. The fourth-order valence-electron chi connectivity index (χ4n) is 2.56. The van der Waals surface area contributed by atoms with Crippen molar-refractivity contribution in [2.75, 3.05) is 25.1 Å². The molecule has 6 nitrogen and oxygen atoms in total. The van der Waals surface area contributed by atoms with E-state index in [1.807, 2.05) is 13.0 Å². The Balaban J connectivity index is 1.51. The van der Waals surface area contributed by atoms with Crippen molar-refractivity contribution in [3.05, 3.63) is 52.5 Å². The summed E-state index contributed by atoms with van der Waals surface area (Å²) in [4.78, 5) is 24.1. The summed E-state index contributed by atoms with van der Waals surface area (Å²) in [6, 6.07) is 10.6. The lowest BCUT2D eigenvalue weighted by Gasteiger charge is -2.18. The molecule has 0 bridgehead atoms. The van der Waals surface area contributed by atoms with Crippen LogP contribution in [0.4, 0.5) is 5.69 Å². The molecule has 0 aromatic heterocycles. The lowest BCUT2D eigenvalue weighted by Crippen LogP contribution is -2.33. The van der Waals surface area contributed by atoms with Gasteiger partial charge in [-0.1, -0.05) is 23.7 Å². The van der Waals surface area contributed by atoms with Crippen molar-refractivity contribution >= 4 is 29.1 Å². The summed E-state index contributed by atoms with van der Waals surface area (Å²) < 4.78 is 10.9. The first-order chi connectivity index (χ1) is 12.5. The van der Waals surface area contributed by atoms with Crippen LogP contribution in [0.15, 0.2) is 36.4 Å². The highest BCUT2D eigenvalue weighted by Crippen LogP contribution is 2.30. The number of nitrogens with one attached hydrogen (secondary N) is 2. The van der Waals surface area contributed by atoms with Crippen molar-refractivity contribution in [2.45, 2.75) is 13.3 Å². The molecule has 1 heterocycles. The number of carbonyl (C=O) groups is 2. The van der Waals surface area contributed by atoms with Crippen LogP contribution in [0, 0.1) is 6.92 Å². The summed E-state index contributed by atoms with van der Waals surface area (Å²) >= 11 is 6.03. The van der Waals surface area contributed by atoms with Crippen molar-refractivity contribution in [2.24, 2.45) is 0 Å². The van der Waals surface area contributed by atoms with E-state index in [0.717, 1.165) is 11.1 Å². The predicted molar refractivity (Wildman–Crippen MR) is 99.0 cm³/mol. The highest BCUT2D eigenvalue weighted by Gasteiger charge is 2.14. The van der Waals surface area contributed by atoms with E-state index >= 15 is 0 Å². The van der Waals surface area contributed by atoms with Gasteiger partial charge in [-0.15, -0.1) is 0 Å². The zero-order valence-electron chi connectivity index (χ0n) is 14.3. The normalized spacial score (nSPS) is 12.4. The van der Waals surface area contributed by atoms with Gasteiger partial charge in [0.1, 0.15) is 13.2 Å². The van der Waals surface area contributed by atoms with Crippen LogP contribution in [-0.4, -0.2) is 31.6 Å². The molecular weight excluding hydrogens is 356 g/mol. The van der Waals surface area contributed by atoms with Crippen LogP contribution in [0.1, 0.15) is 11.1 Å². The van der Waals surface area contributed by atoms with Crippen LogP contribution in [0.5, 0.6) is 11.5 Å². The van der Waals surface area contributed by atoms with E-state index < -0.39 is 0 Å². The zero-order valence-corrected chi connectivity index (χ0v) is 15.1. The third-order valence-corrected chi connectivity index (χ3v) is 4.37. The van der Waals surface area contributed by atoms with Gasteiger partial charge in [0.15, 0.2) is 11.5 Å². The van der Waals surface area contributed by atoms with E-state index in [0.29, 0.717) is 35.4 Å². The predicted octanol–water partition coefficient (Wildman–Crippen LogP) is 2.72. The van der Waals surface area contributed by atoms with Gasteiger partial charge in [-0.3, -0.25) is 9.59 Å². The van der Waals surface area contributed by atoms with Gasteiger partial charge in [-0.05, 0) is 42.3 Å². The molecule has 2 N–H and O–H groups in total. The Hall–Kier alpha value is -2.73. The summed E-state index contributed by atoms with van der Waals surface area (Å²) in [7, 11) is 0. The van der Waals surface area contributed by atoms with Gasteiger partial charge in [-0.2, -0.15) is 0 Å². The minimum Gasteiger partial charge on any atom is -0.486 e. The molecule has 0 radical (unpaired) electrons. The minimum absolute atomic E-state index is 0.116. The molecule has 136 valence electrons. The largest absolute Gasteiger partial charge is 0.486 e. The van der Waals surface area contributed by atoms with Crippen LogP contribution < -0.4 is 20.1 Å². The molecule has 7 heteroatoms. The molecule has 3 rings (SSSR count). The monoisotopic (exact) mass is 374 g/mol. The molecule has 0 fully saturated rings. The number of fused-ring (bicyclic) bond motifs is 1. The van der Waals surface area contributed by atoms with Gasteiger partial charge < -0.3 is 20.1 Å². The van der Waals surface area contributed by atoms with Crippen molar-refractivity contribution in [3.8, 4) is 11.5 Å². The second-order valence-corrected chi connectivity index (χ2v) is 6.30. The summed E-state index contributed by atoms with van der Waals surface area (Å²) in [5, 5.41) is 5.92. The molecule has 2 aromatic rings. The number of hydrogen-bond acceptors (Lipinski definition) is 4. The lowest BCUT2D eigenvalue weighted by molar-refractivity contribution is -0.123.